The molecule has 92 valence electrons. The first-order valence-electron chi connectivity index (χ1n) is 5.10. The second kappa shape index (κ2) is 5.63. The smallest absolute Gasteiger partial charge is 0.308 e. The molecule has 17 heavy (non-hydrogen) atoms. The van der Waals surface area contributed by atoms with Gasteiger partial charge >= 0.3 is 5.97 Å². The van der Waals surface area contributed by atoms with Gasteiger partial charge in [-0.1, -0.05) is 0 Å². The van der Waals surface area contributed by atoms with Crippen LogP contribution < -0.4 is 0 Å². The monoisotopic (exact) mass is 256 g/mol. The van der Waals surface area contributed by atoms with Crippen molar-refractivity contribution in [1.82, 2.24) is 9.88 Å². The Hall–Kier alpha value is -1.62. The van der Waals surface area contributed by atoms with Crippen molar-refractivity contribution in [2.24, 2.45) is 5.92 Å². The van der Waals surface area contributed by atoms with Gasteiger partial charge in [0.25, 0.3) is 5.91 Å². The number of nitrogens with zero attached hydrogens (tertiary/aromatic N) is 2. The maximum absolute atomic E-state index is 11.9. The summed E-state index contributed by atoms with van der Waals surface area (Å²) in [4.78, 5) is 28.1. The number of carbonyl (C=O) groups excluding carboxylic acids is 1. The van der Waals surface area contributed by atoms with Gasteiger partial charge in [-0.25, -0.2) is 0 Å². The number of hydrogen-bond acceptors (Lipinski definition) is 3. The number of likely N-dealkylation sites (tertiary alicyclic amines) is 1. The molecular weight excluding hydrogens is 244 g/mol. The number of rotatable bonds is 2. The number of amides is 1. The molecule has 1 aliphatic heterocycles. The molecule has 1 aliphatic rings. The Morgan fingerprint density at radius 3 is 2.53 bits per heavy atom. The molecule has 1 aromatic heterocycles. The molecule has 1 unspecified atom stereocenters. The van der Waals surface area contributed by atoms with Gasteiger partial charge < -0.3 is 10.0 Å². The average molecular weight is 257 g/mol. The van der Waals surface area contributed by atoms with Crippen LogP contribution in [0, 0.1) is 5.92 Å². The first kappa shape index (κ1) is 13.4. The maximum Gasteiger partial charge on any atom is 0.308 e. The Morgan fingerprint density at radius 1 is 1.35 bits per heavy atom. The van der Waals surface area contributed by atoms with E-state index in [2.05, 4.69) is 4.98 Å². The van der Waals surface area contributed by atoms with Gasteiger partial charge in [0, 0.05) is 31.0 Å². The van der Waals surface area contributed by atoms with Crippen LogP contribution in [0.25, 0.3) is 0 Å². The molecule has 0 radical (unpaired) electrons. The molecule has 0 saturated carbocycles. The van der Waals surface area contributed by atoms with Crippen LogP contribution in [-0.4, -0.2) is 40.0 Å². The molecule has 1 saturated heterocycles. The predicted molar refractivity (Wildman–Crippen MR) is 63.1 cm³/mol. The lowest BCUT2D eigenvalue weighted by atomic mass is 10.1. The van der Waals surface area contributed by atoms with E-state index >= 15 is 0 Å². The quantitative estimate of drug-likeness (QED) is 0.859. The zero-order valence-corrected chi connectivity index (χ0v) is 9.89. The summed E-state index contributed by atoms with van der Waals surface area (Å²) >= 11 is 0. The number of carbonyl (C=O) groups is 2. The van der Waals surface area contributed by atoms with Gasteiger partial charge in [-0.15, -0.1) is 12.4 Å². The van der Waals surface area contributed by atoms with E-state index in [0.717, 1.165) is 0 Å². The summed E-state index contributed by atoms with van der Waals surface area (Å²) in [5.74, 6) is -1.37. The molecule has 0 aliphatic carbocycles. The van der Waals surface area contributed by atoms with E-state index in [-0.39, 0.29) is 18.3 Å². The Bertz CT molecular complexity index is 410. The Balaban J connectivity index is 0.00000144. The number of aliphatic carboxylic acids is 1. The van der Waals surface area contributed by atoms with Crippen LogP contribution in [0.4, 0.5) is 0 Å². The van der Waals surface area contributed by atoms with Crippen LogP contribution >= 0.6 is 12.4 Å². The third-order valence-corrected chi connectivity index (χ3v) is 2.75. The molecule has 1 fully saturated rings. The zero-order chi connectivity index (χ0) is 11.5. The van der Waals surface area contributed by atoms with Crippen LogP contribution in [0.15, 0.2) is 24.5 Å². The Labute approximate surface area is 105 Å². The van der Waals surface area contributed by atoms with E-state index in [4.69, 9.17) is 5.11 Å². The second-order valence-electron chi connectivity index (χ2n) is 3.81. The van der Waals surface area contributed by atoms with Crippen molar-refractivity contribution >= 4 is 24.3 Å². The van der Waals surface area contributed by atoms with E-state index < -0.39 is 11.9 Å². The molecule has 0 aromatic carbocycles. The van der Waals surface area contributed by atoms with Crippen LogP contribution in [0.1, 0.15) is 16.8 Å². The first-order chi connectivity index (χ1) is 7.68. The van der Waals surface area contributed by atoms with Crippen LogP contribution in [0.3, 0.4) is 0 Å². The summed E-state index contributed by atoms with van der Waals surface area (Å²) in [5.41, 5.74) is 0.557. The molecule has 1 N–H and O–H groups in total. The number of pyridine rings is 1. The minimum atomic E-state index is -0.829. The van der Waals surface area contributed by atoms with Gasteiger partial charge in [0.1, 0.15) is 0 Å². The standard InChI is InChI=1S/C11H12N2O3.ClH/c14-10(8-1-4-12-5-2-8)13-6-3-9(7-13)11(15)16;/h1-2,4-5,9H,3,6-7H2,(H,15,16);1H. The lowest BCUT2D eigenvalue weighted by molar-refractivity contribution is -0.141. The van der Waals surface area contributed by atoms with Gasteiger partial charge in [0.05, 0.1) is 5.92 Å². The van der Waals surface area contributed by atoms with Crippen LogP contribution in [-0.2, 0) is 4.79 Å². The number of aromatic nitrogens is 1. The van der Waals surface area contributed by atoms with Gasteiger partial charge in [0.15, 0.2) is 0 Å². The molecule has 1 aromatic rings. The minimum Gasteiger partial charge on any atom is -0.481 e. The van der Waals surface area contributed by atoms with Crippen LogP contribution in [0.5, 0.6) is 0 Å². The van der Waals surface area contributed by atoms with Gasteiger partial charge in [-0.05, 0) is 18.6 Å². The van der Waals surface area contributed by atoms with E-state index in [1.807, 2.05) is 0 Å². The highest BCUT2D eigenvalue weighted by atomic mass is 35.5. The first-order valence-corrected chi connectivity index (χ1v) is 5.10. The van der Waals surface area contributed by atoms with Crippen molar-refractivity contribution in [3.63, 3.8) is 0 Å². The van der Waals surface area contributed by atoms with Gasteiger partial charge in [0.2, 0.25) is 0 Å². The Kier molecular flexibility index (Phi) is 4.45. The number of carboxylic acid groups (broad SMARTS) is 1. The average Bonchev–Trinajstić information content (AvgIpc) is 2.78. The normalized spacial score (nSPS) is 18.6. The highest BCUT2D eigenvalue weighted by Gasteiger charge is 2.31. The number of hydrogen-bond donors (Lipinski definition) is 1. The lowest BCUT2D eigenvalue weighted by Crippen LogP contribution is -2.29. The molecule has 6 heteroatoms. The molecule has 2 heterocycles. The molecule has 1 amide bonds. The third kappa shape index (κ3) is 2.94. The highest BCUT2D eigenvalue weighted by Crippen LogP contribution is 2.18. The molecule has 2 rings (SSSR count). The molecule has 1 atom stereocenters. The number of carboxylic acids is 1. The van der Waals surface area contributed by atoms with E-state index in [0.29, 0.717) is 25.1 Å². The summed E-state index contributed by atoms with van der Waals surface area (Å²) < 4.78 is 0. The fourth-order valence-electron chi connectivity index (χ4n) is 1.82. The van der Waals surface area contributed by atoms with Crippen molar-refractivity contribution in [1.29, 1.82) is 0 Å². The van der Waals surface area contributed by atoms with E-state index in [1.54, 1.807) is 29.4 Å². The van der Waals surface area contributed by atoms with Crippen molar-refractivity contribution in [3.8, 4) is 0 Å². The van der Waals surface area contributed by atoms with E-state index in [1.165, 1.54) is 0 Å². The highest BCUT2D eigenvalue weighted by molar-refractivity contribution is 5.94. The lowest BCUT2D eigenvalue weighted by Gasteiger charge is -2.15. The molecular formula is C11H13ClN2O3. The molecule has 5 nitrogen and oxygen atoms in total. The van der Waals surface area contributed by atoms with Crippen molar-refractivity contribution in [3.05, 3.63) is 30.1 Å². The van der Waals surface area contributed by atoms with Crippen molar-refractivity contribution in [2.75, 3.05) is 13.1 Å². The summed E-state index contributed by atoms with van der Waals surface area (Å²) in [6.07, 6.45) is 3.64. The molecule has 0 bridgehead atoms. The summed E-state index contributed by atoms with van der Waals surface area (Å²) in [5, 5.41) is 8.84. The maximum atomic E-state index is 11.9. The predicted octanol–water partition coefficient (Wildman–Crippen LogP) is 1.05. The molecule has 0 spiro atoms. The van der Waals surface area contributed by atoms with Crippen molar-refractivity contribution < 1.29 is 14.7 Å². The van der Waals surface area contributed by atoms with Crippen molar-refractivity contribution in [2.45, 2.75) is 6.42 Å². The fraction of sp³-hybridized carbons (Fsp3) is 0.364. The zero-order valence-electron chi connectivity index (χ0n) is 9.07. The SMILES string of the molecule is Cl.O=C(O)C1CCN(C(=O)c2ccncc2)C1. The second-order valence-corrected chi connectivity index (χ2v) is 3.81. The Morgan fingerprint density at radius 2 is 2.00 bits per heavy atom. The van der Waals surface area contributed by atoms with Gasteiger partial charge in [-0.2, -0.15) is 0 Å². The largest absolute Gasteiger partial charge is 0.481 e. The number of halogens is 1. The van der Waals surface area contributed by atoms with E-state index in [9.17, 15) is 9.59 Å². The fourth-order valence-corrected chi connectivity index (χ4v) is 1.82. The van der Waals surface area contributed by atoms with Gasteiger partial charge in [-0.3, -0.25) is 14.6 Å². The minimum absolute atomic E-state index is 0. The van der Waals surface area contributed by atoms with Crippen LogP contribution in [0.2, 0.25) is 0 Å². The summed E-state index contributed by atoms with van der Waals surface area (Å²) in [6.45, 7) is 0.814. The summed E-state index contributed by atoms with van der Waals surface area (Å²) in [6, 6.07) is 3.27. The summed E-state index contributed by atoms with van der Waals surface area (Å²) in [7, 11) is 0. The topological polar surface area (TPSA) is 70.5 Å². The third-order valence-electron chi connectivity index (χ3n) is 2.75.